The quantitative estimate of drug-likeness (QED) is 0.381. The minimum atomic E-state index is -1.14. The van der Waals surface area contributed by atoms with Gasteiger partial charge in [0.15, 0.2) is 5.79 Å². The van der Waals surface area contributed by atoms with Crippen LogP contribution in [-0.4, -0.2) is 29.8 Å². The molecule has 0 aromatic heterocycles. The van der Waals surface area contributed by atoms with Crippen molar-refractivity contribution in [2.24, 2.45) is 0 Å². The maximum atomic E-state index is 10.8. The molecular weight excluding hydrogens is 170 g/mol. The van der Waals surface area contributed by atoms with Gasteiger partial charge in [-0.25, -0.2) is 6.57 Å². The first-order valence-corrected chi connectivity index (χ1v) is 4.17. The molecule has 0 radical (unpaired) electrons. The maximum absolute atomic E-state index is 10.8. The van der Waals surface area contributed by atoms with Gasteiger partial charge in [-0.15, -0.1) is 0 Å². The molecule has 0 rings (SSSR count). The zero-order chi connectivity index (χ0) is 10.3. The van der Waals surface area contributed by atoms with Crippen LogP contribution in [0.5, 0.6) is 0 Å². The van der Waals surface area contributed by atoms with E-state index in [0.29, 0.717) is 19.4 Å². The number of rotatable bonds is 6. The largest absolute Gasteiger partial charge is 0.366 e. The van der Waals surface area contributed by atoms with Crippen LogP contribution < -0.4 is 0 Å². The van der Waals surface area contributed by atoms with Gasteiger partial charge in [-0.2, -0.15) is 0 Å². The molecule has 0 atom stereocenters. The molecule has 4 heteroatoms. The molecule has 0 aliphatic carbocycles. The SMILES string of the molecule is [C-]#[N+]CC(=O)CCCOC(C)(C)O. The lowest BCUT2D eigenvalue weighted by molar-refractivity contribution is -0.176. The van der Waals surface area contributed by atoms with Gasteiger partial charge in [0.1, 0.15) is 0 Å². The summed E-state index contributed by atoms with van der Waals surface area (Å²) >= 11 is 0. The van der Waals surface area contributed by atoms with Crippen molar-refractivity contribution in [3.63, 3.8) is 0 Å². The number of carbonyl (C=O) groups excluding carboxylic acids is 1. The van der Waals surface area contributed by atoms with Crippen molar-refractivity contribution in [1.29, 1.82) is 0 Å². The van der Waals surface area contributed by atoms with E-state index in [-0.39, 0.29) is 12.3 Å². The lowest BCUT2D eigenvalue weighted by Gasteiger charge is -2.17. The predicted octanol–water partition coefficient (Wildman–Crippen LogP) is 1.000. The predicted molar refractivity (Wildman–Crippen MR) is 48.0 cm³/mol. The fourth-order valence-corrected chi connectivity index (χ4v) is 0.759. The van der Waals surface area contributed by atoms with Crippen LogP contribution in [0.3, 0.4) is 0 Å². The Hall–Kier alpha value is -0.920. The monoisotopic (exact) mass is 185 g/mol. The fraction of sp³-hybridized carbons (Fsp3) is 0.778. The van der Waals surface area contributed by atoms with Gasteiger partial charge >= 0.3 is 0 Å². The van der Waals surface area contributed by atoms with Crippen LogP contribution >= 0.6 is 0 Å². The summed E-state index contributed by atoms with van der Waals surface area (Å²) in [6, 6.07) is 0. The molecule has 0 unspecified atom stereocenters. The average Bonchev–Trinajstić information content (AvgIpc) is 1.97. The summed E-state index contributed by atoms with van der Waals surface area (Å²) < 4.78 is 4.98. The Morgan fingerprint density at radius 2 is 2.23 bits per heavy atom. The number of hydrogen-bond acceptors (Lipinski definition) is 3. The van der Waals surface area contributed by atoms with Crippen LogP contribution in [0.15, 0.2) is 0 Å². The van der Waals surface area contributed by atoms with Crippen molar-refractivity contribution in [1.82, 2.24) is 0 Å². The van der Waals surface area contributed by atoms with E-state index >= 15 is 0 Å². The molecule has 0 heterocycles. The Morgan fingerprint density at radius 3 is 2.69 bits per heavy atom. The summed E-state index contributed by atoms with van der Waals surface area (Å²) in [5.41, 5.74) is 0. The molecule has 13 heavy (non-hydrogen) atoms. The molecule has 0 spiro atoms. The molecule has 0 bridgehead atoms. The molecule has 0 aromatic rings. The highest BCUT2D eigenvalue weighted by atomic mass is 16.6. The third kappa shape index (κ3) is 8.99. The van der Waals surface area contributed by atoms with E-state index in [2.05, 4.69) is 4.85 Å². The summed E-state index contributed by atoms with van der Waals surface area (Å²) in [6.07, 6.45) is 0.900. The van der Waals surface area contributed by atoms with Crippen molar-refractivity contribution in [3.05, 3.63) is 11.4 Å². The third-order valence-corrected chi connectivity index (χ3v) is 1.31. The van der Waals surface area contributed by atoms with Crippen LogP contribution in [-0.2, 0) is 9.53 Å². The molecule has 1 N–H and O–H groups in total. The van der Waals surface area contributed by atoms with Crippen molar-refractivity contribution in [3.8, 4) is 0 Å². The molecule has 0 amide bonds. The number of aliphatic hydroxyl groups is 1. The van der Waals surface area contributed by atoms with Gasteiger partial charge in [-0.3, -0.25) is 4.79 Å². The first-order chi connectivity index (χ1) is 5.95. The van der Waals surface area contributed by atoms with E-state index in [0.717, 1.165) is 0 Å². The summed E-state index contributed by atoms with van der Waals surface area (Å²) in [5, 5.41) is 9.13. The summed E-state index contributed by atoms with van der Waals surface area (Å²) in [6.45, 7) is 9.80. The van der Waals surface area contributed by atoms with Gasteiger partial charge in [0.05, 0.1) is 6.61 Å². The second kappa shape index (κ2) is 5.68. The topological polar surface area (TPSA) is 50.9 Å². The number of ether oxygens (including phenoxy) is 1. The Labute approximate surface area is 78.3 Å². The summed E-state index contributed by atoms with van der Waals surface area (Å²) in [7, 11) is 0. The highest BCUT2D eigenvalue weighted by Crippen LogP contribution is 2.04. The Kier molecular flexibility index (Phi) is 5.28. The third-order valence-electron chi connectivity index (χ3n) is 1.31. The molecular formula is C9H15NO3. The minimum Gasteiger partial charge on any atom is -0.366 e. The smallest absolute Gasteiger partial charge is 0.272 e. The van der Waals surface area contributed by atoms with Crippen molar-refractivity contribution < 1.29 is 14.6 Å². The lowest BCUT2D eigenvalue weighted by Crippen LogP contribution is -2.24. The minimum absolute atomic E-state index is 0.0531. The van der Waals surface area contributed by atoms with Crippen LogP contribution in [0, 0.1) is 6.57 Å². The molecule has 0 saturated heterocycles. The van der Waals surface area contributed by atoms with E-state index in [4.69, 9.17) is 16.4 Å². The van der Waals surface area contributed by atoms with Gasteiger partial charge < -0.3 is 14.7 Å². The van der Waals surface area contributed by atoms with Crippen molar-refractivity contribution in [2.45, 2.75) is 32.5 Å². The number of ketones is 1. The number of carbonyl (C=O) groups is 1. The Morgan fingerprint density at radius 1 is 1.62 bits per heavy atom. The number of nitrogens with zero attached hydrogens (tertiary/aromatic N) is 1. The maximum Gasteiger partial charge on any atom is 0.272 e. The second-order valence-corrected chi connectivity index (χ2v) is 3.25. The van der Waals surface area contributed by atoms with E-state index in [9.17, 15) is 4.79 Å². The highest BCUT2D eigenvalue weighted by molar-refractivity contribution is 5.81. The number of hydrogen-bond donors (Lipinski definition) is 1. The van der Waals surface area contributed by atoms with Gasteiger partial charge in [-0.05, 0) is 20.3 Å². The second-order valence-electron chi connectivity index (χ2n) is 3.25. The Balaban J connectivity index is 3.37. The van der Waals surface area contributed by atoms with Crippen LogP contribution in [0.1, 0.15) is 26.7 Å². The molecule has 4 nitrogen and oxygen atoms in total. The van der Waals surface area contributed by atoms with Crippen LogP contribution in [0.2, 0.25) is 0 Å². The van der Waals surface area contributed by atoms with E-state index in [1.54, 1.807) is 0 Å². The van der Waals surface area contributed by atoms with Gasteiger partial charge in [-0.1, -0.05) is 0 Å². The first-order valence-electron chi connectivity index (χ1n) is 4.17. The molecule has 0 aliphatic rings. The van der Waals surface area contributed by atoms with Crippen molar-refractivity contribution in [2.75, 3.05) is 13.2 Å². The van der Waals surface area contributed by atoms with E-state index in [1.165, 1.54) is 13.8 Å². The zero-order valence-electron chi connectivity index (χ0n) is 8.04. The van der Waals surface area contributed by atoms with Gasteiger partial charge in [0.25, 0.3) is 6.54 Å². The van der Waals surface area contributed by atoms with Crippen LogP contribution in [0.25, 0.3) is 4.85 Å². The van der Waals surface area contributed by atoms with Gasteiger partial charge in [0, 0.05) is 6.42 Å². The molecule has 0 fully saturated rings. The normalized spacial score (nSPS) is 10.9. The first kappa shape index (κ1) is 12.1. The van der Waals surface area contributed by atoms with E-state index in [1.807, 2.05) is 0 Å². The van der Waals surface area contributed by atoms with Gasteiger partial charge in [0.2, 0.25) is 5.78 Å². The molecule has 0 saturated carbocycles. The Bertz CT molecular complexity index is 200. The van der Waals surface area contributed by atoms with Crippen LogP contribution in [0.4, 0.5) is 0 Å². The summed E-state index contributed by atoms with van der Waals surface area (Å²) in [4.78, 5) is 13.8. The highest BCUT2D eigenvalue weighted by Gasteiger charge is 2.12. The van der Waals surface area contributed by atoms with Crippen molar-refractivity contribution >= 4 is 5.78 Å². The standard InChI is InChI=1S/C9H15NO3/c1-9(2,12)13-6-4-5-8(11)7-10-3/h12H,4-7H2,1-2H3. The molecule has 0 aromatic carbocycles. The lowest BCUT2D eigenvalue weighted by atomic mass is 10.2. The van der Waals surface area contributed by atoms with E-state index < -0.39 is 5.79 Å². The molecule has 0 aliphatic heterocycles. The fourth-order valence-electron chi connectivity index (χ4n) is 0.759. The zero-order valence-corrected chi connectivity index (χ0v) is 8.04. The summed E-state index contributed by atoms with van der Waals surface area (Å²) in [5.74, 6) is -1.21. The average molecular weight is 185 g/mol. The molecule has 74 valence electrons. The number of Topliss-reactive ketones (excluding diaryl/α,β-unsaturated/α-hetero) is 1.